The second-order valence-corrected chi connectivity index (χ2v) is 7.49. The van der Waals surface area contributed by atoms with Crippen LogP contribution in [0.2, 0.25) is 0 Å². The number of aromatic nitrogens is 2. The molecule has 2 aliphatic rings. The molecular weight excluding hydrogens is 413 g/mol. The van der Waals surface area contributed by atoms with Crippen LogP contribution in [-0.4, -0.2) is 52.5 Å². The van der Waals surface area contributed by atoms with Crippen LogP contribution in [0.25, 0.3) is 5.69 Å². The highest BCUT2D eigenvalue weighted by Gasteiger charge is 2.68. The lowest BCUT2D eigenvalue weighted by Gasteiger charge is -2.37. The fraction of sp³-hybridized carbons (Fsp3) is 0.476. The summed E-state index contributed by atoms with van der Waals surface area (Å²) in [5, 5.41) is 4.29. The lowest BCUT2D eigenvalue weighted by molar-refractivity contribution is -0.209. The van der Waals surface area contributed by atoms with E-state index in [-0.39, 0.29) is 24.2 Å². The molecule has 0 aliphatic carbocycles. The van der Waals surface area contributed by atoms with Gasteiger partial charge in [-0.2, -0.15) is 18.3 Å². The third-order valence-electron chi connectivity index (χ3n) is 5.44. The Labute approximate surface area is 177 Å². The van der Waals surface area contributed by atoms with Gasteiger partial charge in [0.1, 0.15) is 0 Å². The average Bonchev–Trinajstić information content (AvgIpc) is 3.10. The Kier molecular flexibility index (Phi) is 5.40. The topological polar surface area (TPSA) is 68.9 Å². The number of aryl methyl sites for hydroxylation is 1. The van der Waals surface area contributed by atoms with E-state index in [1.807, 2.05) is 0 Å². The number of fused-ring (bicyclic) bond motifs is 1. The average molecular weight is 436 g/mol. The summed E-state index contributed by atoms with van der Waals surface area (Å²) in [5.41, 5.74) is -3.19. The molecule has 7 nitrogen and oxygen atoms in total. The molecule has 0 spiro atoms. The maximum atomic E-state index is 14.7. The normalized spacial score (nSPS) is 21.2. The molecule has 0 amide bonds. The smallest absolute Gasteiger partial charge is 0.429 e. The Hall–Kier alpha value is -3.04. The molecule has 1 aromatic carbocycles. The van der Waals surface area contributed by atoms with Gasteiger partial charge in [0.15, 0.2) is 0 Å². The summed E-state index contributed by atoms with van der Waals surface area (Å²) in [6.07, 6.45) is -2.50. The minimum atomic E-state index is -5.06. The number of halogens is 3. The van der Waals surface area contributed by atoms with Crippen molar-refractivity contribution in [2.45, 2.75) is 44.8 Å². The fourth-order valence-corrected chi connectivity index (χ4v) is 3.99. The fourth-order valence-electron chi connectivity index (χ4n) is 3.99. The van der Waals surface area contributed by atoms with Gasteiger partial charge in [-0.3, -0.25) is 0 Å². The number of para-hydroxylation sites is 1. The maximum Gasteiger partial charge on any atom is 0.429 e. The number of aliphatic imine (C=N–C) groups is 1. The standard InChI is InChI=1S/C21H23F3N4O3/c1-3-30-18(29)20(21(22,23)24)16-14(2)26-28(15-10-6-4-7-11-15)17(16)31-19(25-20)27-12-8-5-9-13-27/h4,6-7,10-11H,3,5,8-9,12-13H2,1-2H3/t20-/m0/s1. The Morgan fingerprint density at radius 3 is 2.48 bits per heavy atom. The van der Waals surface area contributed by atoms with Crippen LogP contribution in [0.5, 0.6) is 5.88 Å². The number of ether oxygens (including phenoxy) is 2. The van der Waals surface area contributed by atoms with Gasteiger partial charge < -0.3 is 14.4 Å². The van der Waals surface area contributed by atoms with Crippen molar-refractivity contribution >= 4 is 12.0 Å². The van der Waals surface area contributed by atoms with Crippen LogP contribution in [0.4, 0.5) is 13.2 Å². The molecule has 1 saturated heterocycles. The van der Waals surface area contributed by atoms with Crippen LogP contribution in [0, 0.1) is 6.92 Å². The van der Waals surface area contributed by atoms with Crippen molar-refractivity contribution in [3.63, 3.8) is 0 Å². The zero-order chi connectivity index (χ0) is 22.2. The summed E-state index contributed by atoms with van der Waals surface area (Å²) >= 11 is 0. The Bertz CT molecular complexity index is 997. The van der Waals surface area contributed by atoms with E-state index in [1.54, 1.807) is 35.2 Å². The quantitative estimate of drug-likeness (QED) is 0.686. The van der Waals surface area contributed by atoms with E-state index in [2.05, 4.69) is 10.1 Å². The van der Waals surface area contributed by atoms with E-state index in [4.69, 9.17) is 9.47 Å². The second-order valence-electron chi connectivity index (χ2n) is 7.49. The summed E-state index contributed by atoms with van der Waals surface area (Å²) in [4.78, 5) is 18.4. The summed E-state index contributed by atoms with van der Waals surface area (Å²) < 4.78 is 56.1. The van der Waals surface area contributed by atoms with Crippen LogP contribution in [0.3, 0.4) is 0 Å². The molecule has 0 unspecified atom stereocenters. The third kappa shape index (κ3) is 3.43. The van der Waals surface area contributed by atoms with Gasteiger partial charge in [-0.05, 0) is 45.2 Å². The number of amidine groups is 1. The largest absolute Gasteiger partial charge is 0.464 e. The molecule has 0 saturated carbocycles. The predicted molar refractivity (Wildman–Crippen MR) is 106 cm³/mol. The predicted octanol–water partition coefficient (Wildman–Crippen LogP) is 3.74. The SMILES string of the molecule is CCOC(=O)[C@@]1(C(F)(F)F)N=C(N2CCCCC2)Oc2c1c(C)nn2-c1ccccc1. The number of likely N-dealkylation sites (tertiary alicyclic amines) is 1. The first-order valence-corrected chi connectivity index (χ1v) is 10.2. The van der Waals surface area contributed by atoms with Crippen molar-refractivity contribution in [1.29, 1.82) is 0 Å². The molecule has 166 valence electrons. The molecule has 2 aliphatic heterocycles. The highest BCUT2D eigenvalue weighted by molar-refractivity contribution is 5.92. The molecule has 3 heterocycles. The Morgan fingerprint density at radius 2 is 1.87 bits per heavy atom. The molecule has 4 rings (SSSR count). The molecule has 1 fully saturated rings. The van der Waals surface area contributed by atoms with Crippen molar-refractivity contribution in [3.05, 3.63) is 41.6 Å². The van der Waals surface area contributed by atoms with E-state index >= 15 is 0 Å². The first-order chi connectivity index (χ1) is 14.8. The Balaban J connectivity index is 1.98. The highest BCUT2D eigenvalue weighted by Crippen LogP contribution is 2.51. The van der Waals surface area contributed by atoms with Gasteiger partial charge in [-0.25, -0.2) is 14.5 Å². The number of carbonyl (C=O) groups is 1. The molecule has 1 atom stereocenters. The molecule has 2 aromatic rings. The van der Waals surface area contributed by atoms with Crippen molar-refractivity contribution in [3.8, 4) is 11.6 Å². The molecule has 31 heavy (non-hydrogen) atoms. The highest BCUT2D eigenvalue weighted by atomic mass is 19.4. The zero-order valence-corrected chi connectivity index (χ0v) is 17.3. The van der Waals surface area contributed by atoms with E-state index in [0.29, 0.717) is 18.8 Å². The number of piperidine rings is 1. The van der Waals surface area contributed by atoms with Gasteiger partial charge in [-0.1, -0.05) is 18.2 Å². The van der Waals surface area contributed by atoms with Crippen molar-refractivity contribution in [2.75, 3.05) is 19.7 Å². The Morgan fingerprint density at radius 1 is 1.19 bits per heavy atom. The van der Waals surface area contributed by atoms with E-state index in [0.717, 1.165) is 19.3 Å². The molecule has 0 bridgehead atoms. The lowest BCUT2D eigenvalue weighted by Crippen LogP contribution is -2.54. The van der Waals surface area contributed by atoms with Crippen LogP contribution >= 0.6 is 0 Å². The summed E-state index contributed by atoms with van der Waals surface area (Å²) in [6.45, 7) is 3.63. The van der Waals surface area contributed by atoms with Crippen LogP contribution in [0.15, 0.2) is 35.3 Å². The number of carbonyl (C=O) groups excluding carboxylic acids is 1. The van der Waals surface area contributed by atoms with Crippen molar-refractivity contribution in [1.82, 2.24) is 14.7 Å². The number of hydrogen-bond acceptors (Lipinski definition) is 6. The van der Waals surface area contributed by atoms with Gasteiger partial charge in [0.25, 0.3) is 11.6 Å². The van der Waals surface area contributed by atoms with Crippen LogP contribution < -0.4 is 4.74 Å². The van der Waals surface area contributed by atoms with Crippen LogP contribution in [0.1, 0.15) is 37.4 Å². The molecule has 0 radical (unpaired) electrons. The third-order valence-corrected chi connectivity index (χ3v) is 5.44. The van der Waals surface area contributed by atoms with E-state index < -0.39 is 23.2 Å². The second kappa shape index (κ2) is 7.90. The first-order valence-electron chi connectivity index (χ1n) is 10.2. The summed E-state index contributed by atoms with van der Waals surface area (Å²) in [7, 11) is 0. The zero-order valence-electron chi connectivity index (χ0n) is 17.3. The number of rotatable bonds is 3. The number of esters is 1. The van der Waals surface area contributed by atoms with Gasteiger partial charge in [0.05, 0.1) is 23.6 Å². The molecule has 0 N–H and O–H groups in total. The van der Waals surface area contributed by atoms with Crippen molar-refractivity contribution < 1.29 is 27.4 Å². The number of benzene rings is 1. The summed E-state index contributed by atoms with van der Waals surface area (Å²) in [5.74, 6) is -1.66. The van der Waals surface area contributed by atoms with Gasteiger partial charge in [0.2, 0.25) is 5.88 Å². The molecule has 1 aromatic heterocycles. The lowest BCUT2D eigenvalue weighted by atomic mass is 9.88. The van der Waals surface area contributed by atoms with Crippen LogP contribution in [-0.2, 0) is 15.1 Å². The van der Waals surface area contributed by atoms with Gasteiger partial charge >= 0.3 is 12.1 Å². The minimum Gasteiger partial charge on any atom is -0.464 e. The minimum absolute atomic E-state index is 0.00863. The maximum absolute atomic E-state index is 14.7. The van der Waals surface area contributed by atoms with Gasteiger partial charge in [-0.15, -0.1) is 0 Å². The van der Waals surface area contributed by atoms with E-state index in [1.165, 1.54) is 18.5 Å². The summed E-state index contributed by atoms with van der Waals surface area (Å²) in [6, 6.07) is 8.42. The number of hydrogen-bond donors (Lipinski definition) is 0. The first kappa shape index (κ1) is 21.2. The van der Waals surface area contributed by atoms with E-state index in [9.17, 15) is 18.0 Å². The number of nitrogens with zero attached hydrogens (tertiary/aromatic N) is 4. The van der Waals surface area contributed by atoms with Crippen molar-refractivity contribution in [2.24, 2.45) is 4.99 Å². The number of alkyl halides is 3. The monoisotopic (exact) mass is 436 g/mol. The molecule has 10 heteroatoms. The molecular formula is C21H23F3N4O3. The van der Waals surface area contributed by atoms with Gasteiger partial charge in [0, 0.05) is 13.1 Å².